The summed E-state index contributed by atoms with van der Waals surface area (Å²) in [7, 11) is 3.36. The van der Waals surface area contributed by atoms with Gasteiger partial charge in [-0.3, -0.25) is 4.79 Å². The van der Waals surface area contributed by atoms with Gasteiger partial charge in [0, 0.05) is 19.0 Å². The maximum Gasteiger partial charge on any atom is 0.313 e. The Bertz CT molecular complexity index is 586. The second kappa shape index (κ2) is 4.96. The number of hydrogen-bond acceptors (Lipinski definition) is 4. The highest BCUT2D eigenvalue weighted by atomic mass is 16.5. The number of fused-ring (bicyclic) bond motifs is 1. The lowest BCUT2D eigenvalue weighted by Gasteiger charge is -2.28. The van der Waals surface area contributed by atoms with Crippen LogP contribution in [0.15, 0.2) is 34.9 Å². The molecule has 4 nitrogen and oxygen atoms in total. The summed E-state index contributed by atoms with van der Waals surface area (Å²) in [6.07, 6.45) is 1.72. The summed E-state index contributed by atoms with van der Waals surface area (Å²) in [4.78, 5) is 13.7. The van der Waals surface area contributed by atoms with Gasteiger partial charge >= 0.3 is 5.97 Å². The molecular formula is C15H19NO3. The second-order valence-corrected chi connectivity index (χ2v) is 5.35. The number of para-hydroxylation sites is 1. The highest BCUT2D eigenvalue weighted by Gasteiger charge is 2.30. The molecule has 0 aliphatic carbocycles. The molecule has 0 fully saturated rings. The highest BCUT2D eigenvalue weighted by molar-refractivity contribution is 5.91. The van der Waals surface area contributed by atoms with E-state index in [1.54, 1.807) is 6.26 Å². The zero-order chi connectivity index (χ0) is 14.0. The van der Waals surface area contributed by atoms with E-state index >= 15 is 0 Å². The Hall–Kier alpha value is -1.97. The molecule has 0 spiro atoms. The third-order valence-electron chi connectivity index (χ3n) is 3.24. The first kappa shape index (κ1) is 13.5. The molecule has 1 aromatic carbocycles. The first-order chi connectivity index (χ1) is 8.95. The summed E-state index contributed by atoms with van der Waals surface area (Å²) in [6.45, 7) is 4.30. The summed E-state index contributed by atoms with van der Waals surface area (Å²) in [5.41, 5.74) is 1.26. The number of ether oxygens (including phenoxy) is 1. The summed E-state index contributed by atoms with van der Waals surface area (Å²) in [5, 5.41) is 1.05. The van der Waals surface area contributed by atoms with Crippen LogP contribution in [0.25, 0.3) is 11.0 Å². The predicted molar refractivity (Wildman–Crippen MR) is 75.3 cm³/mol. The number of methoxy groups -OCH3 is 1. The quantitative estimate of drug-likeness (QED) is 0.793. The normalized spacial score (nSPS) is 11.6. The first-order valence-corrected chi connectivity index (χ1v) is 6.21. The van der Waals surface area contributed by atoms with Gasteiger partial charge in [0.1, 0.15) is 11.8 Å². The standard InChI is InChI=1S/C15H19NO3/c1-15(2,14(17)18-4)10-16(3)12-9-19-13-8-6-5-7-11(12)13/h5-9H,10H2,1-4H3. The minimum atomic E-state index is -0.568. The van der Waals surface area contributed by atoms with Gasteiger partial charge < -0.3 is 14.1 Å². The molecule has 0 aliphatic rings. The summed E-state index contributed by atoms with van der Waals surface area (Å²) < 4.78 is 10.3. The Balaban J connectivity index is 2.25. The summed E-state index contributed by atoms with van der Waals surface area (Å²) in [6, 6.07) is 7.85. The maximum absolute atomic E-state index is 11.7. The zero-order valence-corrected chi connectivity index (χ0v) is 11.8. The van der Waals surface area contributed by atoms with Crippen LogP contribution in [0.1, 0.15) is 13.8 Å². The first-order valence-electron chi connectivity index (χ1n) is 6.21. The minimum Gasteiger partial charge on any atom is -0.469 e. The van der Waals surface area contributed by atoms with E-state index in [4.69, 9.17) is 9.15 Å². The van der Waals surface area contributed by atoms with Crippen LogP contribution >= 0.6 is 0 Å². The van der Waals surface area contributed by atoms with Crippen LogP contribution in [-0.2, 0) is 9.53 Å². The Labute approximate surface area is 112 Å². The number of rotatable bonds is 4. The molecule has 0 bridgehead atoms. The van der Waals surface area contributed by atoms with Crippen molar-refractivity contribution in [3.63, 3.8) is 0 Å². The molecule has 0 aliphatic heterocycles. The molecule has 0 N–H and O–H groups in total. The third-order valence-corrected chi connectivity index (χ3v) is 3.24. The van der Waals surface area contributed by atoms with E-state index in [0.29, 0.717) is 6.54 Å². The number of benzene rings is 1. The Morgan fingerprint density at radius 3 is 2.74 bits per heavy atom. The molecule has 0 radical (unpaired) electrons. The number of esters is 1. The molecule has 4 heteroatoms. The van der Waals surface area contributed by atoms with Crippen molar-refractivity contribution in [3.05, 3.63) is 30.5 Å². The van der Waals surface area contributed by atoms with Crippen molar-refractivity contribution in [2.24, 2.45) is 5.41 Å². The van der Waals surface area contributed by atoms with Crippen LogP contribution in [-0.4, -0.2) is 26.7 Å². The SMILES string of the molecule is COC(=O)C(C)(C)CN(C)c1coc2ccccc12. The molecule has 0 saturated carbocycles. The van der Waals surface area contributed by atoms with Gasteiger partial charge in [-0.15, -0.1) is 0 Å². The molecule has 102 valence electrons. The molecule has 0 atom stereocenters. The number of carbonyl (C=O) groups is 1. The summed E-state index contributed by atoms with van der Waals surface area (Å²) >= 11 is 0. The molecule has 2 aromatic rings. The van der Waals surface area contributed by atoms with Crippen LogP contribution < -0.4 is 4.90 Å². The van der Waals surface area contributed by atoms with E-state index in [1.165, 1.54) is 7.11 Å². The molecule has 1 aromatic heterocycles. The van der Waals surface area contributed by atoms with E-state index in [0.717, 1.165) is 16.7 Å². The van der Waals surface area contributed by atoms with Crippen molar-refractivity contribution in [2.75, 3.05) is 25.6 Å². The van der Waals surface area contributed by atoms with Crippen LogP contribution in [0, 0.1) is 5.41 Å². The van der Waals surface area contributed by atoms with Gasteiger partial charge in [-0.25, -0.2) is 0 Å². The molecule has 0 saturated heterocycles. The summed E-state index contributed by atoms with van der Waals surface area (Å²) in [5.74, 6) is -0.216. The fraction of sp³-hybridized carbons (Fsp3) is 0.400. The smallest absolute Gasteiger partial charge is 0.313 e. The van der Waals surface area contributed by atoms with Crippen LogP contribution in [0.2, 0.25) is 0 Å². The second-order valence-electron chi connectivity index (χ2n) is 5.35. The average molecular weight is 261 g/mol. The average Bonchev–Trinajstić information content (AvgIpc) is 2.81. The van der Waals surface area contributed by atoms with Crippen LogP contribution in [0.5, 0.6) is 0 Å². The Kier molecular flexibility index (Phi) is 3.51. The Morgan fingerprint density at radius 2 is 2.05 bits per heavy atom. The highest BCUT2D eigenvalue weighted by Crippen LogP contribution is 2.30. The van der Waals surface area contributed by atoms with Crippen LogP contribution in [0.4, 0.5) is 5.69 Å². The van der Waals surface area contributed by atoms with E-state index in [9.17, 15) is 4.79 Å². The molecular weight excluding hydrogens is 242 g/mol. The van der Waals surface area contributed by atoms with Crippen molar-refractivity contribution < 1.29 is 13.9 Å². The van der Waals surface area contributed by atoms with Gasteiger partial charge in [0.15, 0.2) is 0 Å². The largest absolute Gasteiger partial charge is 0.469 e. The lowest BCUT2D eigenvalue weighted by Crippen LogP contribution is -2.38. The van der Waals surface area contributed by atoms with Crippen molar-refractivity contribution >= 4 is 22.6 Å². The van der Waals surface area contributed by atoms with Crippen molar-refractivity contribution in [2.45, 2.75) is 13.8 Å². The molecule has 2 rings (SSSR count). The number of nitrogens with zero attached hydrogens (tertiary/aromatic N) is 1. The lowest BCUT2D eigenvalue weighted by atomic mass is 9.93. The number of carbonyl (C=O) groups excluding carboxylic acids is 1. The van der Waals surface area contributed by atoms with Crippen molar-refractivity contribution in [1.82, 2.24) is 0 Å². The zero-order valence-electron chi connectivity index (χ0n) is 11.8. The third kappa shape index (κ3) is 2.57. The number of furan rings is 1. The molecule has 0 amide bonds. The van der Waals surface area contributed by atoms with E-state index in [1.807, 2.05) is 50.1 Å². The van der Waals surface area contributed by atoms with Crippen LogP contribution in [0.3, 0.4) is 0 Å². The van der Waals surface area contributed by atoms with E-state index < -0.39 is 5.41 Å². The minimum absolute atomic E-state index is 0.216. The van der Waals surface area contributed by atoms with Gasteiger partial charge in [0.2, 0.25) is 0 Å². The fourth-order valence-electron chi connectivity index (χ4n) is 2.28. The maximum atomic E-state index is 11.7. The van der Waals surface area contributed by atoms with E-state index in [-0.39, 0.29) is 5.97 Å². The predicted octanol–water partition coefficient (Wildman–Crippen LogP) is 3.07. The Morgan fingerprint density at radius 1 is 1.37 bits per heavy atom. The van der Waals surface area contributed by atoms with Gasteiger partial charge in [0.05, 0.1) is 18.2 Å². The van der Waals surface area contributed by atoms with Gasteiger partial charge in [-0.2, -0.15) is 0 Å². The van der Waals surface area contributed by atoms with E-state index in [2.05, 4.69) is 0 Å². The molecule has 19 heavy (non-hydrogen) atoms. The fourth-order valence-corrected chi connectivity index (χ4v) is 2.28. The van der Waals surface area contributed by atoms with Gasteiger partial charge in [-0.1, -0.05) is 12.1 Å². The molecule has 0 unspecified atom stereocenters. The van der Waals surface area contributed by atoms with Crippen molar-refractivity contribution in [1.29, 1.82) is 0 Å². The van der Waals surface area contributed by atoms with Gasteiger partial charge in [0.25, 0.3) is 0 Å². The van der Waals surface area contributed by atoms with Gasteiger partial charge in [-0.05, 0) is 26.0 Å². The topological polar surface area (TPSA) is 42.7 Å². The number of hydrogen-bond donors (Lipinski definition) is 0. The van der Waals surface area contributed by atoms with Crippen molar-refractivity contribution in [3.8, 4) is 0 Å². The molecule has 1 heterocycles. The lowest BCUT2D eigenvalue weighted by molar-refractivity contribution is -0.150. The number of anilines is 1. The monoisotopic (exact) mass is 261 g/mol.